The zero-order chi connectivity index (χ0) is 27.5. The van der Waals surface area contributed by atoms with Gasteiger partial charge in [0.1, 0.15) is 22.6 Å². The highest BCUT2D eigenvalue weighted by Crippen LogP contribution is 2.40. The molecule has 0 radical (unpaired) electrons. The number of halogens is 3. The molecule has 1 aliphatic rings. The van der Waals surface area contributed by atoms with Crippen LogP contribution in [0.4, 0.5) is 19.1 Å². The zero-order valence-electron chi connectivity index (χ0n) is 20.4. The van der Waals surface area contributed by atoms with Crippen LogP contribution in [-0.2, 0) is 15.7 Å². The van der Waals surface area contributed by atoms with Crippen molar-refractivity contribution in [3.63, 3.8) is 0 Å². The fraction of sp³-hybridized carbons (Fsp3) is 0.348. The highest BCUT2D eigenvalue weighted by molar-refractivity contribution is 6.03. The highest BCUT2D eigenvalue weighted by Gasteiger charge is 2.46. The van der Waals surface area contributed by atoms with E-state index in [4.69, 9.17) is 23.5 Å². The van der Waals surface area contributed by atoms with Crippen LogP contribution in [0.1, 0.15) is 22.5 Å². The monoisotopic (exact) mass is 537 g/mol. The molecule has 1 aromatic carbocycles. The molecule has 1 saturated heterocycles. The Kier molecular flexibility index (Phi) is 7.39. The molecule has 4 rings (SSSR count). The second-order valence-corrected chi connectivity index (χ2v) is 8.12. The van der Waals surface area contributed by atoms with Crippen molar-refractivity contribution in [3.05, 3.63) is 48.0 Å². The van der Waals surface area contributed by atoms with Gasteiger partial charge >= 0.3 is 6.18 Å². The molecule has 2 aromatic heterocycles. The number of nitrogens with zero attached hydrogens (tertiary/aromatic N) is 4. The van der Waals surface area contributed by atoms with E-state index >= 15 is 0 Å². The summed E-state index contributed by atoms with van der Waals surface area (Å²) in [6.45, 7) is 0.0860. The lowest BCUT2D eigenvalue weighted by Gasteiger charge is -2.30. The van der Waals surface area contributed by atoms with Gasteiger partial charge in [-0.15, -0.1) is 0 Å². The van der Waals surface area contributed by atoms with Crippen molar-refractivity contribution in [3.8, 4) is 23.1 Å². The molecular formula is C23H22F3N5O7. The van der Waals surface area contributed by atoms with Gasteiger partial charge in [0, 0.05) is 20.1 Å². The predicted octanol–water partition coefficient (Wildman–Crippen LogP) is 2.84. The van der Waals surface area contributed by atoms with Gasteiger partial charge in [-0.25, -0.2) is 9.97 Å². The van der Waals surface area contributed by atoms with Crippen LogP contribution in [-0.4, -0.2) is 67.0 Å². The molecule has 0 bridgehead atoms. The SMILES string of the molecule is COc1ccc(Oc2cnc(N(C)C(=O)C3(NC(=O)c4cc(OC)no4)CCOC3)nc2)c(C(F)(F)F)c1. The number of hydrogen-bond acceptors (Lipinski definition) is 10. The lowest BCUT2D eigenvalue weighted by Crippen LogP contribution is -2.60. The molecule has 1 N–H and O–H groups in total. The molecule has 2 amide bonds. The maximum absolute atomic E-state index is 13.5. The summed E-state index contributed by atoms with van der Waals surface area (Å²) in [6, 6.07) is 4.51. The molecule has 1 aliphatic heterocycles. The number of carbonyl (C=O) groups excluding carboxylic acids is 2. The summed E-state index contributed by atoms with van der Waals surface area (Å²) in [7, 11) is 3.99. The van der Waals surface area contributed by atoms with Crippen LogP contribution in [0.5, 0.6) is 23.1 Å². The first-order valence-corrected chi connectivity index (χ1v) is 11.0. The van der Waals surface area contributed by atoms with Gasteiger partial charge in [-0.1, -0.05) is 0 Å². The Labute approximate surface area is 213 Å². The standard InChI is InChI=1S/C23H22F3N5O7/c1-31(20(33)22(6-7-36-12-22)29-19(32)17-9-18(35-3)30-38-17)21-27-10-14(11-28-21)37-16-5-4-13(34-2)8-15(16)23(24,25)26/h4-5,8-11H,6-7,12H2,1-3H3,(H,29,32). The minimum absolute atomic E-state index is 0.00997. The molecule has 38 heavy (non-hydrogen) atoms. The third-order valence-electron chi connectivity index (χ3n) is 5.64. The Hall–Kier alpha value is -4.40. The molecular weight excluding hydrogens is 515 g/mol. The maximum atomic E-state index is 13.5. The number of anilines is 1. The van der Waals surface area contributed by atoms with Crippen molar-refractivity contribution in [2.24, 2.45) is 0 Å². The van der Waals surface area contributed by atoms with Crippen LogP contribution in [0.25, 0.3) is 0 Å². The predicted molar refractivity (Wildman–Crippen MR) is 122 cm³/mol. The second-order valence-electron chi connectivity index (χ2n) is 8.12. The molecule has 12 nitrogen and oxygen atoms in total. The quantitative estimate of drug-likeness (QED) is 0.456. The van der Waals surface area contributed by atoms with Crippen molar-refractivity contribution >= 4 is 17.8 Å². The molecule has 1 unspecified atom stereocenters. The molecule has 202 valence electrons. The topological polar surface area (TPSA) is 138 Å². The average molecular weight is 537 g/mol. The summed E-state index contributed by atoms with van der Waals surface area (Å²) in [4.78, 5) is 35.3. The highest BCUT2D eigenvalue weighted by atomic mass is 19.4. The van der Waals surface area contributed by atoms with Crippen molar-refractivity contribution in [2.75, 3.05) is 39.4 Å². The van der Waals surface area contributed by atoms with E-state index in [1.807, 2.05) is 0 Å². The summed E-state index contributed by atoms with van der Waals surface area (Å²) >= 11 is 0. The number of hydrogen-bond donors (Lipinski definition) is 1. The molecule has 1 atom stereocenters. The van der Waals surface area contributed by atoms with Crippen LogP contribution in [0.15, 0.2) is 41.2 Å². The molecule has 0 aliphatic carbocycles. The fourth-order valence-electron chi connectivity index (χ4n) is 3.65. The Morgan fingerprint density at radius 1 is 1.11 bits per heavy atom. The van der Waals surface area contributed by atoms with E-state index < -0.39 is 34.8 Å². The molecule has 3 heterocycles. The fourth-order valence-corrected chi connectivity index (χ4v) is 3.65. The van der Waals surface area contributed by atoms with Gasteiger partial charge in [-0.05, 0) is 23.4 Å². The van der Waals surface area contributed by atoms with Gasteiger partial charge in [0.05, 0.1) is 39.3 Å². The Morgan fingerprint density at radius 3 is 2.42 bits per heavy atom. The lowest BCUT2D eigenvalue weighted by molar-refractivity contribution is -0.138. The number of amides is 2. The number of aromatic nitrogens is 3. The first-order valence-electron chi connectivity index (χ1n) is 11.0. The lowest BCUT2D eigenvalue weighted by atomic mass is 9.96. The smallest absolute Gasteiger partial charge is 0.420 e. The number of likely N-dealkylation sites (N-methyl/N-ethyl adjacent to an activating group) is 1. The van der Waals surface area contributed by atoms with Crippen molar-refractivity contribution < 1.29 is 46.2 Å². The van der Waals surface area contributed by atoms with Gasteiger partial charge in [0.25, 0.3) is 17.7 Å². The number of rotatable bonds is 8. The number of methoxy groups -OCH3 is 2. The Balaban J connectivity index is 1.50. The van der Waals surface area contributed by atoms with E-state index in [0.29, 0.717) is 0 Å². The number of ether oxygens (including phenoxy) is 4. The zero-order valence-corrected chi connectivity index (χ0v) is 20.4. The van der Waals surface area contributed by atoms with E-state index in [9.17, 15) is 22.8 Å². The van der Waals surface area contributed by atoms with Gasteiger partial charge in [0.2, 0.25) is 11.7 Å². The summed E-state index contributed by atoms with van der Waals surface area (Å²) in [5, 5.41) is 6.19. The summed E-state index contributed by atoms with van der Waals surface area (Å²) in [5.41, 5.74) is -2.49. The Morgan fingerprint density at radius 2 is 1.84 bits per heavy atom. The van der Waals surface area contributed by atoms with E-state index in [-0.39, 0.29) is 48.7 Å². The van der Waals surface area contributed by atoms with Crippen LogP contribution < -0.4 is 24.4 Å². The minimum atomic E-state index is -4.70. The largest absolute Gasteiger partial charge is 0.497 e. The van der Waals surface area contributed by atoms with Gasteiger partial charge in [-0.2, -0.15) is 13.2 Å². The molecule has 0 spiro atoms. The molecule has 15 heteroatoms. The number of benzene rings is 1. The maximum Gasteiger partial charge on any atom is 0.420 e. The third-order valence-corrected chi connectivity index (χ3v) is 5.64. The second kappa shape index (κ2) is 10.5. The molecule has 1 fully saturated rings. The van der Waals surface area contributed by atoms with Crippen molar-refractivity contribution in [1.82, 2.24) is 20.4 Å². The number of alkyl halides is 3. The van der Waals surface area contributed by atoms with Crippen LogP contribution >= 0.6 is 0 Å². The van der Waals surface area contributed by atoms with E-state index in [2.05, 4.69) is 20.4 Å². The Bertz CT molecular complexity index is 1310. The molecule has 0 saturated carbocycles. The summed E-state index contributed by atoms with van der Waals surface area (Å²) in [6.07, 6.45) is -2.30. The van der Waals surface area contributed by atoms with Crippen LogP contribution in [0.3, 0.4) is 0 Å². The summed E-state index contributed by atoms with van der Waals surface area (Å²) < 4.78 is 65.8. The van der Waals surface area contributed by atoms with Gasteiger partial charge < -0.3 is 28.8 Å². The first-order chi connectivity index (χ1) is 18.1. The number of carbonyl (C=O) groups is 2. The van der Waals surface area contributed by atoms with E-state index in [1.165, 1.54) is 33.4 Å². The van der Waals surface area contributed by atoms with Gasteiger partial charge in [0.15, 0.2) is 5.75 Å². The molecule has 3 aromatic rings. The third kappa shape index (κ3) is 5.46. The normalized spacial score (nSPS) is 17.1. The van der Waals surface area contributed by atoms with Gasteiger partial charge in [-0.3, -0.25) is 14.5 Å². The first kappa shape index (κ1) is 26.7. The van der Waals surface area contributed by atoms with Crippen molar-refractivity contribution in [1.29, 1.82) is 0 Å². The van der Waals surface area contributed by atoms with E-state index in [1.54, 1.807) is 0 Å². The van der Waals surface area contributed by atoms with Crippen LogP contribution in [0, 0.1) is 0 Å². The van der Waals surface area contributed by atoms with Crippen LogP contribution in [0.2, 0.25) is 0 Å². The number of nitrogens with one attached hydrogen (secondary N) is 1. The van der Waals surface area contributed by atoms with Crippen molar-refractivity contribution in [2.45, 2.75) is 18.1 Å². The van der Waals surface area contributed by atoms with E-state index in [0.717, 1.165) is 29.4 Å². The summed E-state index contributed by atoms with van der Waals surface area (Å²) in [5.74, 6) is -2.04. The minimum Gasteiger partial charge on any atom is -0.497 e. The average Bonchev–Trinajstić information content (AvgIpc) is 3.58.